The molecule has 1 aromatic carbocycles. The van der Waals surface area contributed by atoms with Crippen molar-refractivity contribution in [1.82, 2.24) is 4.98 Å². The number of hydrogen-bond donors (Lipinski definition) is 0. The number of pyridine rings is 1. The molecule has 2 aliphatic carbocycles. The van der Waals surface area contributed by atoms with E-state index < -0.39 is 5.92 Å². The minimum absolute atomic E-state index is 0.152. The third-order valence-electron chi connectivity index (χ3n) is 4.94. The fourth-order valence-corrected chi connectivity index (χ4v) is 3.80. The first-order chi connectivity index (χ1) is 13.2. The summed E-state index contributed by atoms with van der Waals surface area (Å²) in [4.78, 5) is 30.8. The molecule has 1 aromatic heterocycles. The third-order valence-corrected chi connectivity index (χ3v) is 4.94. The van der Waals surface area contributed by atoms with E-state index in [2.05, 4.69) is 4.98 Å². The highest BCUT2D eigenvalue weighted by Gasteiger charge is 2.45. The number of ketones is 2. The molecule has 2 aromatic rings. The van der Waals surface area contributed by atoms with E-state index in [-0.39, 0.29) is 11.6 Å². The lowest BCUT2D eigenvalue weighted by Crippen LogP contribution is -2.17. The molecule has 1 unspecified atom stereocenters. The van der Waals surface area contributed by atoms with Gasteiger partial charge in [-0.2, -0.15) is 0 Å². The Morgan fingerprint density at radius 2 is 1.85 bits per heavy atom. The molecule has 0 spiro atoms. The molecule has 5 nitrogen and oxygen atoms in total. The fraction of sp³-hybridized carbons (Fsp3) is 0.318. The molecule has 0 N–H and O–H groups in total. The Balaban J connectivity index is 1.77. The molecule has 138 valence electrons. The first kappa shape index (κ1) is 17.5. The number of allylic oxidation sites excluding steroid dienone is 3. The average molecular weight is 363 g/mol. The van der Waals surface area contributed by atoms with Crippen molar-refractivity contribution in [2.24, 2.45) is 0 Å². The van der Waals surface area contributed by atoms with Crippen molar-refractivity contribution in [3.05, 3.63) is 59.0 Å². The lowest BCUT2D eigenvalue weighted by atomic mass is 9.96. The summed E-state index contributed by atoms with van der Waals surface area (Å²) in [5.74, 6) is -0.0648. The van der Waals surface area contributed by atoms with E-state index in [4.69, 9.17) is 9.47 Å². The number of para-hydroxylation sites is 1. The zero-order valence-electron chi connectivity index (χ0n) is 15.5. The minimum atomic E-state index is -0.893. The van der Waals surface area contributed by atoms with E-state index >= 15 is 0 Å². The number of rotatable bonds is 5. The highest BCUT2D eigenvalue weighted by atomic mass is 16.5. The van der Waals surface area contributed by atoms with Crippen molar-refractivity contribution in [1.29, 1.82) is 0 Å². The van der Waals surface area contributed by atoms with Crippen LogP contribution in [-0.2, 0) is 14.3 Å². The van der Waals surface area contributed by atoms with Crippen LogP contribution < -0.4 is 4.74 Å². The standard InChI is InChI=1S/C22H21NO4/c1-3-26-16-9-6-8-14-18(16)22(25)19(21(14)24)15-12-11-13-7-5-10-17(27-4-2)20(13)23-15/h5,7,9-12,19H,3-4,6,8H2,1-2H3. The zero-order valence-corrected chi connectivity index (χ0v) is 15.5. The summed E-state index contributed by atoms with van der Waals surface area (Å²) in [5, 5.41) is 0.912. The van der Waals surface area contributed by atoms with Gasteiger partial charge >= 0.3 is 0 Å². The predicted octanol–water partition coefficient (Wildman–Crippen LogP) is 3.88. The zero-order chi connectivity index (χ0) is 19.0. The maximum Gasteiger partial charge on any atom is 0.183 e. The minimum Gasteiger partial charge on any atom is -0.493 e. The number of benzene rings is 1. The Kier molecular flexibility index (Phi) is 4.52. The number of hydrogen-bond acceptors (Lipinski definition) is 5. The van der Waals surface area contributed by atoms with Crippen LogP contribution in [0.3, 0.4) is 0 Å². The number of nitrogens with zero attached hydrogens (tertiary/aromatic N) is 1. The van der Waals surface area contributed by atoms with Crippen molar-refractivity contribution in [2.45, 2.75) is 32.6 Å². The molecule has 0 radical (unpaired) electrons. The molecule has 0 aliphatic heterocycles. The molecular weight excluding hydrogens is 342 g/mol. The molecule has 1 heterocycles. The van der Waals surface area contributed by atoms with Gasteiger partial charge in [0.2, 0.25) is 0 Å². The molecule has 0 fully saturated rings. The lowest BCUT2D eigenvalue weighted by molar-refractivity contribution is -0.123. The second kappa shape index (κ2) is 6.99. The van der Waals surface area contributed by atoms with Gasteiger partial charge in [0, 0.05) is 11.0 Å². The van der Waals surface area contributed by atoms with E-state index in [1.165, 1.54) is 0 Å². The quantitative estimate of drug-likeness (QED) is 0.754. The van der Waals surface area contributed by atoms with E-state index in [1.54, 1.807) is 6.07 Å². The summed E-state index contributed by atoms with van der Waals surface area (Å²) in [6.07, 6.45) is 3.18. The number of carbonyl (C=O) groups is 2. The van der Waals surface area contributed by atoms with Crippen LogP contribution in [0.2, 0.25) is 0 Å². The average Bonchev–Trinajstić information content (AvgIpc) is 2.94. The van der Waals surface area contributed by atoms with E-state index in [0.717, 1.165) is 5.39 Å². The van der Waals surface area contributed by atoms with Crippen molar-refractivity contribution in [3.8, 4) is 5.75 Å². The number of carbonyl (C=O) groups excluding carboxylic acids is 2. The predicted molar refractivity (Wildman–Crippen MR) is 102 cm³/mol. The molecule has 0 amide bonds. The number of ether oxygens (including phenoxy) is 2. The van der Waals surface area contributed by atoms with Gasteiger partial charge < -0.3 is 9.47 Å². The maximum atomic E-state index is 13.1. The largest absolute Gasteiger partial charge is 0.493 e. The van der Waals surface area contributed by atoms with Gasteiger partial charge in [0.15, 0.2) is 11.6 Å². The van der Waals surface area contributed by atoms with Gasteiger partial charge in [-0.25, -0.2) is 4.98 Å². The summed E-state index contributed by atoms with van der Waals surface area (Å²) in [6.45, 7) is 4.76. The SMILES string of the molecule is CCOC1=CCCC2=C1C(=O)C(c1ccc3cccc(OCC)c3n1)C2=O. The summed E-state index contributed by atoms with van der Waals surface area (Å²) < 4.78 is 11.3. The van der Waals surface area contributed by atoms with Crippen LogP contribution >= 0.6 is 0 Å². The van der Waals surface area contributed by atoms with Gasteiger partial charge in [0.25, 0.3) is 0 Å². The summed E-state index contributed by atoms with van der Waals surface area (Å²) >= 11 is 0. The number of aromatic nitrogens is 1. The van der Waals surface area contributed by atoms with Crippen LogP contribution in [-0.4, -0.2) is 29.8 Å². The van der Waals surface area contributed by atoms with Gasteiger partial charge in [-0.3, -0.25) is 9.59 Å². The molecule has 5 heteroatoms. The Bertz CT molecular complexity index is 1000. The lowest BCUT2D eigenvalue weighted by Gasteiger charge is -2.14. The summed E-state index contributed by atoms with van der Waals surface area (Å²) in [7, 11) is 0. The third kappa shape index (κ3) is 2.83. The second-order valence-electron chi connectivity index (χ2n) is 6.55. The van der Waals surface area contributed by atoms with Gasteiger partial charge in [0.1, 0.15) is 22.9 Å². The molecular formula is C22H21NO4. The summed E-state index contributed by atoms with van der Waals surface area (Å²) in [6, 6.07) is 9.34. The van der Waals surface area contributed by atoms with Crippen molar-refractivity contribution in [2.75, 3.05) is 13.2 Å². The van der Waals surface area contributed by atoms with Crippen LogP contribution in [0.4, 0.5) is 0 Å². The Labute approximate surface area is 157 Å². The smallest absolute Gasteiger partial charge is 0.183 e. The van der Waals surface area contributed by atoms with Crippen molar-refractivity contribution < 1.29 is 19.1 Å². The van der Waals surface area contributed by atoms with Gasteiger partial charge in [-0.05, 0) is 44.9 Å². The molecule has 27 heavy (non-hydrogen) atoms. The van der Waals surface area contributed by atoms with Gasteiger partial charge in [-0.15, -0.1) is 0 Å². The van der Waals surface area contributed by atoms with Gasteiger partial charge in [-0.1, -0.05) is 18.2 Å². The highest BCUT2D eigenvalue weighted by molar-refractivity contribution is 6.29. The number of fused-ring (bicyclic) bond motifs is 1. The van der Waals surface area contributed by atoms with E-state index in [0.29, 0.717) is 59.9 Å². The van der Waals surface area contributed by atoms with Crippen LogP contribution in [0.25, 0.3) is 10.9 Å². The highest BCUT2D eigenvalue weighted by Crippen LogP contribution is 2.41. The Morgan fingerprint density at radius 3 is 2.63 bits per heavy atom. The molecule has 1 atom stereocenters. The summed E-state index contributed by atoms with van der Waals surface area (Å²) in [5.41, 5.74) is 2.16. The monoisotopic (exact) mass is 363 g/mol. The first-order valence-electron chi connectivity index (χ1n) is 9.33. The second-order valence-corrected chi connectivity index (χ2v) is 6.55. The van der Waals surface area contributed by atoms with Crippen molar-refractivity contribution >= 4 is 22.5 Å². The van der Waals surface area contributed by atoms with Crippen LogP contribution in [0.15, 0.2) is 53.3 Å². The number of Topliss-reactive ketones (excluding diaryl/α,β-unsaturated/α-hetero) is 2. The first-order valence-corrected chi connectivity index (χ1v) is 9.33. The molecule has 0 saturated heterocycles. The molecule has 0 saturated carbocycles. The fourth-order valence-electron chi connectivity index (χ4n) is 3.80. The molecule has 4 rings (SSSR count). The van der Waals surface area contributed by atoms with E-state index in [1.807, 2.05) is 44.2 Å². The normalized spacial score (nSPS) is 19.3. The maximum absolute atomic E-state index is 13.1. The molecule has 2 aliphatic rings. The Morgan fingerprint density at radius 1 is 1.04 bits per heavy atom. The van der Waals surface area contributed by atoms with Gasteiger partial charge in [0.05, 0.1) is 24.5 Å². The van der Waals surface area contributed by atoms with E-state index in [9.17, 15) is 9.59 Å². The van der Waals surface area contributed by atoms with Crippen LogP contribution in [0, 0.1) is 0 Å². The Hall–Kier alpha value is -2.95. The van der Waals surface area contributed by atoms with Crippen molar-refractivity contribution in [3.63, 3.8) is 0 Å². The van der Waals surface area contributed by atoms with Crippen LogP contribution in [0.1, 0.15) is 38.3 Å². The topological polar surface area (TPSA) is 65.5 Å². The molecule has 0 bridgehead atoms. The van der Waals surface area contributed by atoms with Crippen LogP contribution in [0.5, 0.6) is 5.75 Å².